The van der Waals surface area contributed by atoms with E-state index in [9.17, 15) is 81.8 Å². The average molecular weight is 1960 g/mol. The third kappa shape index (κ3) is 22.2. The Hall–Kier alpha value is -18.3. The Morgan fingerprint density at radius 2 is 0.775 bits per heavy atom. The molecule has 14 aromatic rings. The van der Waals surface area contributed by atoms with E-state index in [2.05, 4.69) is 99.7 Å². The van der Waals surface area contributed by atoms with E-state index in [-0.39, 0.29) is 184 Å². The summed E-state index contributed by atoms with van der Waals surface area (Å²) < 4.78 is 14.5. The highest BCUT2D eigenvalue weighted by Gasteiger charge is 2.37. The predicted molar refractivity (Wildman–Crippen MR) is 526 cm³/mol. The van der Waals surface area contributed by atoms with Crippen LogP contribution >= 0.6 is 11.6 Å². The second kappa shape index (κ2) is 41.3. The van der Waals surface area contributed by atoms with E-state index in [4.69, 9.17) is 11.6 Å². The predicted octanol–water partition coefficient (Wildman–Crippen LogP) is 7.47. The summed E-state index contributed by atoms with van der Waals surface area (Å²) in [5, 5.41) is 53.6. The number of aromatic amines is 1. The molecule has 1 aliphatic rings. The van der Waals surface area contributed by atoms with Crippen LogP contribution in [0.15, 0.2) is 159 Å². The summed E-state index contributed by atoms with van der Waals surface area (Å²) in [5.74, 6) is -9.13. The average Bonchev–Trinajstić information content (AvgIpc) is 1.57. The number of rotatable bonds is 35. The zero-order chi connectivity index (χ0) is 102. The largest absolute Gasteiger partial charge is 0.507 e. The van der Waals surface area contributed by atoms with E-state index in [1.807, 2.05) is 18.2 Å². The summed E-state index contributed by atoms with van der Waals surface area (Å²) in [4.78, 5) is 232. The third-order valence-corrected chi connectivity index (χ3v) is 23.5. The van der Waals surface area contributed by atoms with Crippen LogP contribution in [0.1, 0.15) is 167 Å². The van der Waals surface area contributed by atoms with Gasteiger partial charge < -0.3 is 140 Å². The van der Waals surface area contributed by atoms with Crippen LogP contribution < -0.4 is 84.7 Å². The normalized spacial score (nSPS) is 12.3. The van der Waals surface area contributed by atoms with E-state index >= 15 is 0 Å². The summed E-state index contributed by atoms with van der Waals surface area (Å²) in [6.45, 7) is 2.51. The van der Waals surface area contributed by atoms with Crippen molar-refractivity contribution in [1.82, 2.24) is 86.9 Å². The summed E-state index contributed by atoms with van der Waals surface area (Å²) in [7, 11) is 15.7. The molecule has 2 atom stereocenters. The molecule has 17 N–H and O–H groups in total. The van der Waals surface area contributed by atoms with Gasteiger partial charge >= 0.3 is 0 Å². The molecule has 47 nitrogen and oxygen atoms in total. The van der Waals surface area contributed by atoms with Crippen LogP contribution in [0.3, 0.4) is 0 Å². The molecule has 0 saturated heterocycles. The van der Waals surface area contributed by atoms with Gasteiger partial charge in [0.2, 0.25) is 47.0 Å². The molecule has 734 valence electrons. The Labute approximate surface area is 811 Å². The first kappa shape index (κ1) is 98.2. The lowest BCUT2D eigenvalue weighted by Crippen LogP contribution is -2.46. The van der Waals surface area contributed by atoms with Crippen molar-refractivity contribution >= 4 is 196 Å². The van der Waals surface area contributed by atoms with Crippen molar-refractivity contribution in [2.45, 2.75) is 51.5 Å². The number of aromatic hydroxyl groups is 1. The fraction of sp³-hybridized carbons (Fsp3) is 0.245. The maximum atomic E-state index is 14.5. The fourth-order valence-corrected chi connectivity index (χ4v) is 16.7. The van der Waals surface area contributed by atoms with Crippen LogP contribution in [-0.2, 0) is 94.4 Å². The van der Waals surface area contributed by atoms with Crippen molar-refractivity contribution < 1.29 is 81.8 Å². The Morgan fingerprint density at radius 3 is 1.23 bits per heavy atom. The van der Waals surface area contributed by atoms with Crippen molar-refractivity contribution in [3.05, 3.63) is 228 Å². The number of hydrogen-bond donors (Lipinski definition) is 17. The summed E-state index contributed by atoms with van der Waals surface area (Å²) >= 11 is 6.48. The topological polar surface area (TPSA) is 581 Å². The molecule has 0 fully saturated rings. The van der Waals surface area contributed by atoms with Gasteiger partial charge in [-0.1, -0.05) is 24.3 Å². The number of nitrogens with zero attached hydrogens (tertiary/aromatic N) is 14. The van der Waals surface area contributed by atoms with Crippen molar-refractivity contribution in [3.63, 3.8) is 0 Å². The maximum Gasteiger partial charge on any atom is 0.292 e. The number of hydrogen-bond acceptors (Lipinski definition) is 20. The number of amides is 16. The van der Waals surface area contributed by atoms with Crippen molar-refractivity contribution in [1.29, 1.82) is 0 Å². The minimum Gasteiger partial charge on any atom is -0.507 e. The Balaban J connectivity index is 0.529. The van der Waals surface area contributed by atoms with Crippen LogP contribution in [0, 0.1) is 0 Å². The van der Waals surface area contributed by atoms with Crippen LogP contribution in [0.4, 0.5) is 68.6 Å². The number of phenols is 1. The zero-order valence-corrected chi connectivity index (χ0v) is 79.4. The number of imidazole rings is 3. The van der Waals surface area contributed by atoms with E-state index in [1.54, 1.807) is 121 Å². The molecule has 11 aromatic heterocycles. The molecule has 15 rings (SSSR count). The first-order valence-electron chi connectivity index (χ1n) is 44.2. The summed E-state index contributed by atoms with van der Waals surface area (Å²) in [6, 6.07) is 24.3. The number of benzene rings is 3. The lowest BCUT2D eigenvalue weighted by atomic mass is 9.95. The van der Waals surface area contributed by atoms with Crippen LogP contribution in [0.25, 0.3) is 21.7 Å². The van der Waals surface area contributed by atoms with Crippen molar-refractivity contribution in [2.24, 2.45) is 70.5 Å². The highest BCUT2D eigenvalue weighted by Crippen LogP contribution is 2.46. The smallest absolute Gasteiger partial charge is 0.292 e. The number of carbonyl (C=O) groups is 16. The summed E-state index contributed by atoms with van der Waals surface area (Å²) in [5.41, 5.74) is 5.36. The molecule has 1 unspecified atom stereocenters. The van der Waals surface area contributed by atoms with Crippen LogP contribution in [0.5, 0.6) is 5.75 Å². The number of aryl methyl sites for hydroxylation is 10. The Morgan fingerprint density at radius 1 is 0.387 bits per heavy atom. The lowest BCUT2D eigenvalue weighted by Gasteiger charge is -2.19. The third-order valence-electron chi connectivity index (χ3n) is 23.2. The molecule has 1 aliphatic heterocycles. The van der Waals surface area contributed by atoms with Gasteiger partial charge in [-0.15, -0.1) is 11.6 Å². The first-order valence-corrected chi connectivity index (χ1v) is 44.7. The summed E-state index contributed by atoms with van der Waals surface area (Å²) in [6.07, 6.45) is 14.4. The lowest BCUT2D eigenvalue weighted by molar-refractivity contribution is -0.126. The molecular formula is C94H99ClN30O17. The van der Waals surface area contributed by atoms with Gasteiger partial charge in [-0.3, -0.25) is 76.7 Å². The molecule has 0 saturated carbocycles. The number of alkyl halides is 1. The van der Waals surface area contributed by atoms with Crippen molar-refractivity contribution in [2.75, 3.05) is 95.4 Å². The Kier molecular flexibility index (Phi) is 28.6. The number of phenolic OH excluding ortho intramolecular Hbond substituents is 1. The van der Waals surface area contributed by atoms with E-state index in [0.29, 0.717) is 44.7 Å². The number of fused-ring (bicyclic) bond motifs is 4. The SMILES string of the molecule is CC(=O)Nc1cc(C(=O)Nc2cc(C(=O)Nc3cc(C(=O)NCCCC(=O)Nc4cn(C)c(C(=O)Nc5cc(C(=O)Nc6cc(C(=O)NCCC(=O)N[C@H](CCNC(=O)c7cc(NC(=O)c8nc(NC(=O)c9nc(NC(C)=O)cn9C)cn8C)cn7C)C(=O)Nc7cc(C(=O)Nc8ccc9[nH]c(C(=O)N%10CC(CCl)c%11c%10cc(O)c%10ccccc%11%10)cc9c8)n(C)c7)n(C)c6)n(C)c5)n4)n(C)c3)n(C)c2)n(C)c1. The van der Waals surface area contributed by atoms with Crippen LogP contribution in [-0.4, -0.2) is 203 Å². The van der Waals surface area contributed by atoms with Gasteiger partial charge in [-0.05, 0) is 90.5 Å². The minimum atomic E-state index is -1.38. The van der Waals surface area contributed by atoms with Gasteiger partial charge in [0, 0.05) is 225 Å². The molecule has 16 amide bonds. The minimum absolute atomic E-state index is 0.00250. The van der Waals surface area contributed by atoms with Gasteiger partial charge in [0.05, 0.1) is 45.5 Å². The van der Waals surface area contributed by atoms with Gasteiger partial charge in [-0.2, -0.15) is 0 Å². The monoisotopic (exact) mass is 1950 g/mol. The number of H-pyrrole nitrogens is 1. The van der Waals surface area contributed by atoms with E-state index < -0.39 is 88.7 Å². The molecule has 0 bridgehead atoms. The molecule has 0 spiro atoms. The van der Waals surface area contributed by atoms with E-state index in [1.165, 1.54) is 155 Å². The highest BCUT2D eigenvalue weighted by molar-refractivity contribution is 6.20. The Bertz CT molecular complexity index is 7490. The molecular weight excluding hydrogens is 1860 g/mol. The van der Waals surface area contributed by atoms with Gasteiger partial charge in [0.1, 0.15) is 57.3 Å². The second-order valence-corrected chi connectivity index (χ2v) is 34.3. The van der Waals surface area contributed by atoms with Crippen molar-refractivity contribution in [3.8, 4) is 5.75 Å². The molecule has 12 heterocycles. The highest BCUT2D eigenvalue weighted by atomic mass is 35.5. The number of nitrogens with one attached hydrogen (secondary N) is 16. The van der Waals surface area contributed by atoms with E-state index in [0.717, 1.165) is 10.9 Å². The molecule has 0 radical (unpaired) electrons. The number of carbonyl (C=O) groups excluding carboxylic acids is 16. The zero-order valence-electron chi connectivity index (χ0n) is 78.6. The first-order chi connectivity index (χ1) is 67.7. The second-order valence-electron chi connectivity index (χ2n) is 34.0. The maximum absolute atomic E-state index is 14.5. The molecule has 3 aromatic carbocycles. The quantitative estimate of drug-likeness (QED) is 0.0135. The van der Waals surface area contributed by atoms with Gasteiger partial charge in [0.25, 0.3) is 65.0 Å². The molecule has 0 aliphatic carbocycles. The van der Waals surface area contributed by atoms with Crippen LogP contribution in [0.2, 0.25) is 0 Å². The number of halogens is 1. The molecule has 142 heavy (non-hydrogen) atoms. The van der Waals surface area contributed by atoms with Gasteiger partial charge in [-0.25, -0.2) is 15.0 Å². The van der Waals surface area contributed by atoms with Gasteiger partial charge in [0.15, 0.2) is 17.5 Å². The fourth-order valence-electron chi connectivity index (χ4n) is 16.5. The standard InChI is InChI=1S/C94H99ClN30O17/c1-48(126)99-53-28-69(118(6)38-53)88(136)105-57-33-71(120(8)42-57)89(137)103-55-29-66(115(3)40-55)84(132)96-23-15-18-77(129)110-75-46-123(11)80(112-75)91(139)107-59-34-72(121(9)44-59)90(138)104-56-30-67(116(4)41-56)86(134)98-25-22-78(130)109-63(21-24-97-85(133)68-31-58(43-117(68)5)106-92(140)81-113-76(47-124(81)12)114-93(141)82-111-74(45-122(82)10)100-49(2)127)83(131)102-54-32-70(119(7)39-54)87(135)101-52-19-20-62-50(26-52)27-64(108-62)94(142)125-37-51(36-95)79-61-17-14-13-16-60(61)73(128)35-65(79)125/h13-14,16-17,19-20,26-35,38-47,51,63,108,128H,15,18,21-25,36-37H2,1-12H3,(H,96,132)(H,97,133)(H,98,134)(H,99,126)(H,100,127)(H,101,135)(H,102,131)(H,103,137)(H,104,138)(H,105,136)(H,106,140)(H,107,139)(H,109,130)(H,110,129)(H,114,141)/t51?,63-/m1/s1. The molecule has 48 heteroatoms. The number of anilines is 12. The number of aromatic nitrogens is 14.